The monoisotopic (exact) mass is 316 g/mol. The zero-order valence-corrected chi connectivity index (χ0v) is 13.5. The zero-order valence-electron chi connectivity index (χ0n) is 12.6. The van der Waals surface area contributed by atoms with E-state index in [1.807, 2.05) is 26.0 Å². The number of aromatic amines is 1. The fourth-order valence-electron chi connectivity index (χ4n) is 1.76. The number of carbonyl (C=O) groups is 1. The molecule has 1 rings (SSSR count). The van der Waals surface area contributed by atoms with Crippen molar-refractivity contribution in [2.24, 2.45) is 0 Å². The van der Waals surface area contributed by atoms with Crippen LogP contribution in [0.15, 0.2) is 23.2 Å². The average Bonchev–Trinajstić information content (AvgIpc) is 2.50. The maximum Gasteiger partial charge on any atom is 0.289 e. The molecule has 0 bridgehead atoms. The molecule has 0 unspecified atom stereocenters. The van der Waals surface area contributed by atoms with Crippen LogP contribution in [0, 0.1) is 22.7 Å². The number of amides is 1. The summed E-state index contributed by atoms with van der Waals surface area (Å²) < 4.78 is 0. The largest absolute Gasteiger partial charge is 0.338 e. The lowest BCUT2D eigenvalue weighted by Crippen LogP contribution is -2.33. The standard InChI is InChI=1S/C15H17N5OS/c1-4-20(8-10(2)3)13(21)9-22-15-12(7-17)5-11(6-16)14(18)19-15/h5H,2,4,8-9H2,1,3H3,(H2,18,19)/p+1. The molecule has 0 spiro atoms. The van der Waals surface area contributed by atoms with Gasteiger partial charge in [0, 0.05) is 13.1 Å². The van der Waals surface area contributed by atoms with Crippen LogP contribution in [0.5, 0.6) is 0 Å². The predicted octanol–water partition coefficient (Wildman–Crippen LogP) is 1.34. The number of likely N-dealkylation sites (N-methyl/N-ethyl adjacent to an activating group) is 1. The molecular formula is C15H18N5OS+. The molecule has 0 aliphatic carbocycles. The summed E-state index contributed by atoms with van der Waals surface area (Å²) in [6, 6.07) is 5.33. The Morgan fingerprint density at radius 1 is 1.45 bits per heavy atom. The Hall–Kier alpha value is -2.51. The van der Waals surface area contributed by atoms with Crippen LogP contribution in [0.4, 0.5) is 5.82 Å². The average molecular weight is 316 g/mol. The molecule has 114 valence electrons. The van der Waals surface area contributed by atoms with E-state index < -0.39 is 0 Å². The second kappa shape index (κ2) is 8.06. The number of hydrogen-bond acceptors (Lipinski definition) is 5. The van der Waals surface area contributed by atoms with Gasteiger partial charge in [0.1, 0.15) is 23.3 Å². The van der Waals surface area contributed by atoms with E-state index in [0.717, 1.165) is 5.57 Å². The quantitative estimate of drug-likeness (QED) is 0.629. The highest BCUT2D eigenvalue weighted by Gasteiger charge is 2.18. The number of nitrogens with two attached hydrogens (primary N) is 1. The molecule has 0 atom stereocenters. The van der Waals surface area contributed by atoms with Crippen LogP contribution in [-0.4, -0.2) is 29.6 Å². The molecular weight excluding hydrogens is 298 g/mol. The number of nitriles is 2. The molecule has 1 aromatic heterocycles. The Labute approximate surface area is 134 Å². The van der Waals surface area contributed by atoms with Crippen LogP contribution in [0.25, 0.3) is 0 Å². The second-order valence-electron chi connectivity index (χ2n) is 4.72. The molecule has 0 saturated carbocycles. The van der Waals surface area contributed by atoms with E-state index in [1.165, 1.54) is 17.8 Å². The van der Waals surface area contributed by atoms with Crippen molar-refractivity contribution in [3.05, 3.63) is 29.3 Å². The van der Waals surface area contributed by atoms with Crippen LogP contribution in [-0.2, 0) is 4.79 Å². The summed E-state index contributed by atoms with van der Waals surface area (Å²) in [5.74, 6) is 0.318. The van der Waals surface area contributed by atoms with E-state index >= 15 is 0 Å². The van der Waals surface area contributed by atoms with Crippen LogP contribution in [0.2, 0.25) is 0 Å². The van der Waals surface area contributed by atoms with Gasteiger partial charge in [-0.15, -0.1) is 0 Å². The number of H-pyrrole nitrogens is 1. The SMILES string of the molecule is C=C(C)CN(CC)C(=O)CSc1[nH+]c(N)c(C#N)cc1C#N. The fraction of sp³-hybridized carbons (Fsp3) is 0.333. The van der Waals surface area contributed by atoms with E-state index in [-0.39, 0.29) is 23.0 Å². The normalized spacial score (nSPS) is 9.64. The van der Waals surface area contributed by atoms with Crippen molar-refractivity contribution >= 4 is 23.5 Å². The van der Waals surface area contributed by atoms with Gasteiger partial charge < -0.3 is 4.90 Å². The van der Waals surface area contributed by atoms with Crippen molar-refractivity contribution in [1.29, 1.82) is 10.5 Å². The third-order valence-electron chi connectivity index (χ3n) is 2.85. The summed E-state index contributed by atoms with van der Waals surface area (Å²) in [7, 11) is 0. The topological polar surface area (TPSA) is 108 Å². The van der Waals surface area contributed by atoms with Crippen molar-refractivity contribution in [3.8, 4) is 12.1 Å². The highest BCUT2D eigenvalue weighted by Crippen LogP contribution is 2.20. The second-order valence-corrected chi connectivity index (χ2v) is 5.70. The molecule has 7 heteroatoms. The molecule has 0 aliphatic rings. The Morgan fingerprint density at radius 2 is 2.09 bits per heavy atom. The lowest BCUT2D eigenvalue weighted by Gasteiger charge is -2.20. The molecule has 0 saturated heterocycles. The Balaban J connectivity index is 2.86. The highest BCUT2D eigenvalue weighted by atomic mass is 32.2. The van der Waals surface area contributed by atoms with Gasteiger partial charge in [-0.2, -0.15) is 10.5 Å². The van der Waals surface area contributed by atoms with E-state index in [9.17, 15) is 4.79 Å². The van der Waals surface area contributed by atoms with Crippen molar-refractivity contribution in [2.75, 3.05) is 24.6 Å². The molecule has 22 heavy (non-hydrogen) atoms. The number of aromatic nitrogens is 1. The summed E-state index contributed by atoms with van der Waals surface area (Å²) in [5.41, 5.74) is 7.13. The number of nitrogens with zero attached hydrogens (tertiary/aromatic N) is 3. The smallest absolute Gasteiger partial charge is 0.289 e. The molecule has 0 aliphatic heterocycles. The number of hydrogen-bond donors (Lipinski definition) is 1. The van der Waals surface area contributed by atoms with Gasteiger partial charge in [0.2, 0.25) is 5.91 Å². The first-order chi connectivity index (χ1) is 10.4. The Morgan fingerprint density at radius 3 is 2.59 bits per heavy atom. The van der Waals surface area contributed by atoms with Crippen LogP contribution >= 0.6 is 11.8 Å². The molecule has 0 radical (unpaired) electrons. The minimum Gasteiger partial charge on any atom is -0.338 e. The van der Waals surface area contributed by atoms with Gasteiger partial charge in [-0.1, -0.05) is 23.9 Å². The van der Waals surface area contributed by atoms with Gasteiger partial charge in [0.25, 0.3) is 5.82 Å². The van der Waals surface area contributed by atoms with Gasteiger partial charge in [-0.25, -0.2) is 4.98 Å². The highest BCUT2D eigenvalue weighted by molar-refractivity contribution is 7.99. The molecule has 0 aromatic carbocycles. The zero-order chi connectivity index (χ0) is 16.7. The number of thioether (sulfide) groups is 1. The van der Waals surface area contributed by atoms with Gasteiger partial charge in [-0.05, 0) is 19.9 Å². The van der Waals surface area contributed by atoms with Gasteiger partial charge in [0.05, 0.1) is 5.75 Å². The number of anilines is 1. The number of nitrogen functional groups attached to an aromatic ring is 1. The van der Waals surface area contributed by atoms with Crippen LogP contribution < -0.4 is 10.7 Å². The summed E-state index contributed by atoms with van der Waals surface area (Å²) in [5, 5.41) is 18.5. The Bertz CT molecular complexity index is 672. The predicted molar refractivity (Wildman–Crippen MR) is 84.6 cm³/mol. The maximum absolute atomic E-state index is 12.2. The lowest BCUT2D eigenvalue weighted by molar-refractivity contribution is -0.410. The van der Waals surface area contributed by atoms with E-state index in [2.05, 4.69) is 11.6 Å². The minimum absolute atomic E-state index is 0.0456. The minimum atomic E-state index is -0.0456. The fourth-order valence-corrected chi connectivity index (χ4v) is 2.65. The molecule has 1 heterocycles. The summed E-state index contributed by atoms with van der Waals surface area (Å²) in [6.07, 6.45) is 0. The maximum atomic E-state index is 12.2. The lowest BCUT2D eigenvalue weighted by atomic mass is 10.2. The third kappa shape index (κ3) is 4.51. The molecule has 1 amide bonds. The first kappa shape index (κ1) is 17.5. The number of pyridine rings is 1. The van der Waals surface area contributed by atoms with Crippen molar-refractivity contribution in [1.82, 2.24) is 4.90 Å². The molecule has 0 fully saturated rings. The molecule has 6 nitrogen and oxygen atoms in total. The van der Waals surface area contributed by atoms with Crippen molar-refractivity contribution in [3.63, 3.8) is 0 Å². The first-order valence-electron chi connectivity index (χ1n) is 6.63. The van der Waals surface area contributed by atoms with E-state index in [1.54, 1.807) is 4.90 Å². The molecule has 3 N–H and O–H groups in total. The number of rotatable bonds is 6. The summed E-state index contributed by atoms with van der Waals surface area (Å²) >= 11 is 1.20. The van der Waals surface area contributed by atoms with Crippen LogP contribution in [0.1, 0.15) is 25.0 Å². The number of nitrogens with one attached hydrogen (secondary N) is 1. The van der Waals surface area contributed by atoms with Gasteiger partial charge in [0.15, 0.2) is 5.03 Å². The number of carbonyl (C=O) groups excluding carboxylic acids is 1. The summed E-state index contributed by atoms with van der Waals surface area (Å²) in [4.78, 5) is 16.7. The van der Waals surface area contributed by atoms with Crippen molar-refractivity contribution < 1.29 is 9.78 Å². The van der Waals surface area contributed by atoms with Gasteiger partial charge >= 0.3 is 0 Å². The van der Waals surface area contributed by atoms with E-state index in [0.29, 0.717) is 23.7 Å². The van der Waals surface area contributed by atoms with Crippen molar-refractivity contribution in [2.45, 2.75) is 18.9 Å². The third-order valence-corrected chi connectivity index (χ3v) is 3.85. The first-order valence-corrected chi connectivity index (χ1v) is 7.62. The Kier molecular flexibility index (Phi) is 6.43. The van der Waals surface area contributed by atoms with Crippen LogP contribution in [0.3, 0.4) is 0 Å². The van der Waals surface area contributed by atoms with E-state index in [4.69, 9.17) is 16.3 Å². The molecule has 1 aromatic rings. The summed E-state index contributed by atoms with van der Waals surface area (Å²) in [6.45, 7) is 8.68. The van der Waals surface area contributed by atoms with Gasteiger partial charge in [-0.3, -0.25) is 10.5 Å².